The Morgan fingerprint density at radius 3 is 2.06 bits per heavy atom. The van der Waals surface area contributed by atoms with Crippen LogP contribution in [-0.2, 0) is 5.41 Å². The average Bonchev–Trinajstić information content (AvgIpc) is 3.67. The fourth-order valence-electron chi connectivity index (χ4n) is 8.74. The van der Waals surface area contributed by atoms with Crippen LogP contribution in [0.25, 0.3) is 72.4 Å². The molecule has 4 heteroatoms. The van der Waals surface area contributed by atoms with Gasteiger partial charge in [-0.1, -0.05) is 142 Å². The van der Waals surface area contributed by atoms with Crippen LogP contribution in [-0.4, -0.2) is 22.6 Å². The van der Waals surface area contributed by atoms with Gasteiger partial charge < -0.3 is 4.57 Å². The van der Waals surface area contributed by atoms with E-state index < -0.39 is 8.07 Å². The zero-order valence-electron chi connectivity index (χ0n) is 28.1. The van der Waals surface area contributed by atoms with Crippen molar-refractivity contribution in [1.29, 1.82) is 0 Å². The molecule has 0 radical (unpaired) electrons. The molecule has 0 unspecified atom stereocenters. The first-order chi connectivity index (χ1) is 23.8. The minimum absolute atomic E-state index is 0.0688. The molecule has 3 heterocycles. The van der Waals surface area contributed by atoms with E-state index in [0.717, 1.165) is 28.3 Å². The first-order valence-corrected chi connectivity index (χ1v) is 20.2. The van der Waals surface area contributed by atoms with Crippen LogP contribution in [0.4, 0.5) is 0 Å². The fraction of sp³-hybridized carbons (Fsp3) is 0.111. The molecule has 0 fully saturated rings. The molecular formula is C45H35N3Si. The Hall–Kier alpha value is -5.58. The highest BCUT2D eigenvalue weighted by Crippen LogP contribution is 2.51. The van der Waals surface area contributed by atoms with E-state index in [4.69, 9.17) is 9.97 Å². The van der Waals surface area contributed by atoms with Gasteiger partial charge in [0, 0.05) is 38.2 Å². The molecule has 6 aromatic carbocycles. The van der Waals surface area contributed by atoms with Crippen LogP contribution >= 0.6 is 0 Å². The number of fused-ring (bicyclic) bond motifs is 9. The van der Waals surface area contributed by atoms with Gasteiger partial charge in [-0.15, -0.1) is 0 Å². The first-order valence-electron chi connectivity index (χ1n) is 17.2. The maximum atomic E-state index is 5.48. The van der Waals surface area contributed by atoms with Crippen molar-refractivity contribution >= 4 is 40.4 Å². The quantitative estimate of drug-likeness (QED) is 0.179. The molecule has 1 aliphatic heterocycles. The minimum Gasteiger partial charge on any atom is -0.309 e. The summed E-state index contributed by atoms with van der Waals surface area (Å²) in [5.41, 5.74) is 14.5. The molecule has 49 heavy (non-hydrogen) atoms. The SMILES string of the molecule is CC1(C)c2ccccc2-c2cc3c(cc21)c1ccccc1n3-c1ccccc1-c1nc(-c2ccccc2)nc2c1-c1ccccc1[Si]2(C)C. The highest BCUT2D eigenvalue weighted by molar-refractivity contribution is 7.03. The van der Waals surface area contributed by atoms with Gasteiger partial charge in [-0.3, -0.25) is 0 Å². The van der Waals surface area contributed by atoms with Gasteiger partial charge in [-0.05, 0) is 57.3 Å². The van der Waals surface area contributed by atoms with Gasteiger partial charge in [0.15, 0.2) is 5.82 Å². The largest absolute Gasteiger partial charge is 0.309 e. The summed E-state index contributed by atoms with van der Waals surface area (Å²) in [6.45, 7) is 9.59. The summed E-state index contributed by atoms with van der Waals surface area (Å²) < 4.78 is 2.48. The van der Waals surface area contributed by atoms with Gasteiger partial charge in [0.2, 0.25) is 0 Å². The lowest BCUT2D eigenvalue weighted by atomic mass is 9.82. The third-order valence-electron chi connectivity index (χ3n) is 11.2. The van der Waals surface area contributed by atoms with Gasteiger partial charge in [0.25, 0.3) is 0 Å². The third-order valence-corrected chi connectivity index (χ3v) is 14.5. The number of nitrogens with zero attached hydrogens (tertiary/aromatic N) is 3. The molecule has 2 aromatic heterocycles. The second kappa shape index (κ2) is 9.97. The summed E-state index contributed by atoms with van der Waals surface area (Å²) in [5, 5.41) is 5.18. The predicted octanol–water partition coefficient (Wildman–Crippen LogP) is 10.0. The maximum Gasteiger partial charge on any atom is 0.159 e. The highest BCUT2D eigenvalue weighted by atomic mass is 28.3. The second-order valence-electron chi connectivity index (χ2n) is 14.6. The van der Waals surface area contributed by atoms with Crippen LogP contribution in [0.2, 0.25) is 13.1 Å². The molecule has 0 saturated carbocycles. The van der Waals surface area contributed by atoms with Gasteiger partial charge in [0.1, 0.15) is 8.07 Å². The van der Waals surface area contributed by atoms with E-state index in [1.807, 2.05) is 0 Å². The molecule has 0 amide bonds. The van der Waals surface area contributed by atoms with E-state index in [-0.39, 0.29) is 5.41 Å². The molecule has 2 aliphatic rings. The molecule has 1 aliphatic carbocycles. The Bertz CT molecular complexity index is 2660. The van der Waals surface area contributed by atoms with E-state index in [1.54, 1.807) is 0 Å². The van der Waals surface area contributed by atoms with Gasteiger partial charge >= 0.3 is 0 Å². The number of benzene rings is 6. The Morgan fingerprint density at radius 1 is 0.551 bits per heavy atom. The summed E-state index contributed by atoms with van der Waals surface area (Å²) in [4.78, 5) is 10.9. The molecular weight excluding hydrogens is 611 g/mol. The van der Waals surface area contributed by atoms with E-state index in [2.05, 4.69) is 171 Å². The fourth-order valence-corrected chi connectivity index (χ4v) is 11.7. The number of hydrogen-bond acceptors (Lipinski definition) is 2. The van der Waals surface area contributed by atoms with Crippen LogP contribution in [0.3, 0.4) is 0 Å². The van der Waals surface area contributed by atoms with Crippen LogP contribution in [0.5, 0.6) is 0 Å². The molecule has 0 N–H and O–H groups in total. The normalized spacial score (nSPS) is 14.9. The summed E-state index contributed by atoms with van der Waals surface area (Å²) in [6.07, 6.45) is 0. The monoisotopic (exact) mass is 645 g/mol. The topological polar surface area (TPSA) is 30.7 Å². The van der Waals surface area contributed by atoms with Crippen LogP contribution < -0.4 is 10.5 Å². The van der Waals surface area contributed by atoms with Gasteiger partial charge in [-0.2, -0.15) is 0 Å². The molecule has 0 atom stereocenters. The minimum atomic E-state index is -2.10. The first kappa shape index (κ1) is 28.4. The van der Waals surface area contributed by atoms with Crippen molar-refractivity contribution < 1.29 is 0 Å². The number of aromatic nitrogens is 3. The zero-order chi connectivity index (χ0) is 33.1. The average molecular weight is 646 g/mol. The molecule has 0 spiro atoms. The molecule has 0 saturated heterocycles. The maximum absolute atomic E-state index is 5.48. The van der Waals surface area contributed by atoms with Crippen LogP contribution in [0.1, 0.15) is 25.0 Å². The van der Waals surface area contributed by atoms with E-state index in [9.17, 15) is 0 Å². The van der Waals surface area contributed by atoms with Gasteiger partial charge in [-0.25, -0.2) is 9.97 Å². The zero-order valence-corrected chi connectivity index (χ0v) is 29.1. The lowest BCUT2D eigenvalue weighted by Crippen LogP contribution is -2.50. The number of para-hydroxylation sites is 2. The Labute approximate surface area is 287 Å². The van der Waals surface area contributed by atoms with Crippen molar-refractivity contribution in [3.05, 3.63) is 151 Å². The second-order valence-corrected chi connectivity index (χ2v) is 18.9. The Balaban J connectivity index is 1.31. The van der Waals surface area contributed by atoms with Crippen molar-refractivity contribution in [2.24, 2.45) is 0 Å². The lowest BCUT2D eigenvalue weighted by Gasteiger charge is -2.21. The Morgan fingerprint density at radius 2 is 1.22 bits per heavy atom. The molecule has 234 valence electrons. The van der Waals surface area contributed by atoms with Crippen molar-refractivity contribution in [3.8, 4) is 50.6 Å². The van der Waals surface area contributed by atoms with Crippen LogP contribution in [0.15, 0.2) is 140 Å². The van der Waals surface area contributed by atoms with E-state index in [0.29, 0.717) is 0 Å². The summed E-state index contributed by atoms with van der Waals surface area (Å²) in [6, 6.07) is 50.9. The van der Waals surface area contributed by atoms with Crippen molar-refractivity contribution in [3.63, 3.8) is 0 Å². The highest BCUT2D eigenvalue weighted by Gasteiger charge is 2.42. The summed E-state index contributed by atoms with van der Waals surface area (Å²) in [5.74, 6) is 0.788. The lowest BCUT2D eigenvalue weighted by molar-refractivity contribution is 0.661. The van der Waals surface area contributed by atoms with E-state index >= 15 is 0 Å². The third kappa shape index (κ3) is 3.83. The molecule has 0 bridgehead atoms. The Kier molecular flexibility index (Phi) is 5.79. The van der Waals surface area contributed by atoms with E-state index in [1.165, 1.54) is 65.7 Å². The number of hydrogen-bond donors (Lipinski definition) is 0. The number of rotatable bonds is 3. The van der Waals surface area contributed by atoms with Crippen LogP contribution in [0, 0.1) is 0 Å². The van der Waals surface area contributed by atoms with Crippen molar-refractivity contribution in [1.82, 2.24) is 14.5 Å². The van der Waals surface area contributed by atoms with Gasteiger partial charge in [0.05, 0.1) is 22.4 Å². The van der Waals surface area contributed by atoms with Crippen molar-refractivity contribution in [2.75, 3.05) is 0 Å². The smallest absolute Gasteiger partial charge is 0.159 e. The molecule has 10 rings (SSSR count). The summed E-state index contributed by atoms with van der Waals surface area (Å²) in [7, 11) is -2.10. The molecule has 3 nitrogen and oxygen atoms in total. The van der Waals surface area contributed by atoms with Crippen molar-refractivity contribution in [2.45, 2.75) is 32.4 Å². The standard InChI is InChI=1S/C45H35N3Si/c1-45(2)35-22-12-8-18-29(35)33-27-39-34(26-36(33)45)30-19-9-13-23-37(30)48(39)38-24-14-10-20-31(38)42-41-32-21-11-15-25-40(32)49(3,4)44(41)47-43(46-42)28-16-6-5-7-17-28/h5-27H,1-4H3. The molecule has 8 aromatic rings. The summed E-state index contributed by atoms with van der Waals surface area (Å²) >= 11 is 0. The predicted molar refractivity (Wildman–Crippen MR) is 207 cm³/mol.